The molecule has 1 fully saturated rings. The number of alkyl halides is 3. The van der Waals surface area contributed by atoms with Gasteiger partial charge in [0.25, 0.3) is 15.9 Å². The lowest BCUT2D eigenvalue weighted by Gasteiger charge is -2.29. The summed E-state index contributed by atoms with van der Waals surface area (Å²) in [5.74, 6) is 5.32. The standard InChI is InChI=1S/C46H44F3N5O9S2/c1-45(2)43(56)53(36-16-9-34(30-50)40(29-36)46(47,48)49)44(64)54(45)35-14-7-31(8-15-35)32-10-17-37(18-11-32)62-27-25-60-23-21-59-22-24-61-26-28-63-38-19-12-33(13-20-38)42(55)39-5-3-4-6-41(39)65(57,58)52-51/h3-20,29,52H,21-28,51H2,1-2H3. The second kappa shape index (κ2) is 21.2. The summed E-state index contributed by atoms with van der Waals surface area (Å²) >= 11 is 5.65. The first-order valence-electron chi connectivity index (χ1n) is 20.0. The molecule has 0 aromatic heterocycles. The quantitative estimate of drug-likeness (QED) is 0.0251. The normalized spacial score (nSPS) is 13.8. The molecule has 1 saturated heterocycles. The summed E-state index contributed by atoms with van der Waals surface area (Å²) < 4.78 is 93.7. The minimum absolute atomic E-state index is 0.00409. The third-order valence-corrected chi connectivity index (χ3v) is 11.7. The number of hydrazine groups is 1. The van der Waals surface area contributed by atoms with Gasteiger partial charge in [0.05, 0.1) is 67.4 Å². The van der Waals surface area contributed by atoms with Gasteiger partial charge in [-0.25, -0.2) is 8.42 Å². The largest absolute Gasteiger partial charge is 0.491 e. The van der Waals surface area contributed by atoms with Gasteiger partial charge in [0.15, 0.2) is 10.9 Å². The minimum Gasteiger partial charge on any atom is -0.491 e. The number of anilines is 2. The molecule has 1 aliphatic rings. The summed E-state index contributed by atoms with van der Waals surface area (Å²) in [6.45, 7) is 5.97. The Bertz CT molecular complexity index is 2640. The molecule has 0 saturated carbocycles. The van der Waals surface area contributed by atoms with Gasteiger partial charge in [0.1, 0.15) is 30.3 Å². The number of carbonyl (C=O) groups is 2. The fourth-order valence-electron chi connectivity index (χ4n) is 6.79. The average molecular weight is 932 g/mol. The summed E-state index contributed by atoms with van der Waals surface area (Å²) in [5, 5.41) is 9.21. The van der Waals surface area contributed by atoms with Crippen LogP contribution < -0.4 is 29.9 Å². The number of amides is 1. The van der Waals surface area contributed by atoms with E-state index in [1.54, 1.807) is 72.1 Å². The van der Waals surface area contributed by atoms with Gasteiger partial charge in [-0.2, -0.15) is 23.3 Å². The number of nitriles is 1. The summed E-state index contributed by atoms with van der Waals surface area (Å²) in [6, 6.07) is 31.5. The van der Waals surface area contributed by atoms with Crippen molar-refractivity contribution in [2.45, 2.75) is 30.5 Å². The van der Waals surface area contributed by atoms with Gasteiger partial charge in [0.2, 0.25) is 0 Å². The van der Waals surface area contributed by atoms with E-state index in [1.165, 1.54) is 24.3 Å². The highest BCUT2D eigenvalue weighted by molar-refractivity contribution is 7.89. The van der Waals surface area contributed by atoms with Crippen LogP contribution in [0, 0.1) is 11.3 Å². The SMILES string of the molecule is CC1(C)C(=O)N(c2ccc(C#N)c(C(F)(F)F)c2)C(=S)N1c1ccc(-c2ccc(OCCOCCOCCOCCOc3ccc(C(=O)c4ccccc4S(=O)(=O)NN)cc3)cc2)cc1. The van der Waals surface area contributed by atoms with E-state index in [9.17, 15) is 36.4 Å². The highest BCUT2D eigenvalue weighted by atomic mass is 32.2. The molecule has 19 heteroatoms. The van der Waals surface area contributed by atoms with Crippen molar-refractivity contribution >= 4 is 50.4 Å². The molecule has 0 bridgehead atoms. The van der Waals surface area contributed by atoms with E-state index >= 15 is 0 Å². The molecule has 5 aromatic carbocycles. The molecular formula is C46H44F3N5O9S2. The van der Waals surface area contributed by atoms with Gasteiger partial charge in [-0.1, -0.05) is 36.4 Å². The highest BCUT2D eigenvalue weighted by Crippen LogP contribution is 2.40. The Kier molecular flexibility index (Phi) is 15.7. The van der Waals surface area contributed by atoms with Gasteiger partial charge in [-0.15, -0.1) is 0 Å². The van der Waals surface area contributed by atoms with E-state index in [2.05, 4.69) is 0 Å². The number of thiocarbonyl (C=S) groups is 1. The summed E-state index contributed by atoms with van der Waals surface area (Å²) in [5.41, 5.74) is -0.359. The van der Waals surface area contributed by atoms with Crippen LogP contribution in [0.4, 0.5) is 24.5 Å². The van der Waals surface area contributed by atoms with Crippen LogP contribution in [0.25, 0.3) is 11.1 Å². The van der Waals surface area contributed by atoms with Crippen molar-refractivity contribution in [2.24, 2.45) is 5.84 Å². The number of hydrogen-bond acceptors (Lipinski definition) is 12. The predicted octanol–water partition coefficient (Wildman–Crippen LogP) is 7.05. The van der Waals surface area contributed by atoms with E-state index in [1.807, 2.05) is 36.4 Å². The molecule has 6 rings (SSSR count). The molecule has 1 amide bonds. The lowest BCUT2D eigenvalue weighted by atomic mass is 10.0. The maximum absolute atomic E-state index is 13.7. The van der Waals surface area contributed by atoms with Crippen molar-refractivity contribution in [3.8, 4) is 28.7 Å². The number of ether oxygens (including phenoxy) is 5. The van der Waals surface area contributed by atoms with Crippen molar-refractivity contribution in [1.29, 1.82) is 5.26 Å². The second-order valence-electron chi connectivity index (χ2n) is 14.7. The Balaban J connectivity index is 0.850. The van der Waals surface area contributed by atoms with Crippen LogP contribution in [-0.2, 0) is 35.2 Å². The van der Waals surface area contributed by atoms with Crippen LogP contribution in [0.3, 0.4) is 0 Å². The lowest BCUT2D eigenvalue weighted by molar-refractivity contribution is -0.137. The number of benzene rings is 5. The van der Waals surface area contributed by atoms with Crippen LogP contribution in [0.2, 0.25) is 0 Å². The van der Waals surface area contributed by atoms with Crippen molar-refractivity contribution in [1.82, 2.24) is 4.83 Å². The first kappa shape index (κ1) is 48.2. The number of rotatable bonds is 21. The van der Waals surface area contributed by atoms with Crippen LogP contribution in [0.1, 0.15) is 40.9 Å². The smallest absolute Gasteiger partial charge is 0.417 e. The average Bonchev–Trinajstić information content (AvgIpc) is 3.48. The van der Waals surface area contributed by atoms with Crippen LogP contribution >= 0.6 is 12.2 Å². The fraction of sp³-hybridized carbons (Fsp3) is 0.261. The van der Waals surface area contributed by atoms with E-state index in [4.69, 9.17) is 41.7 Å². The molecule has 0 radical (unpaired) electrons. The maximum Gasteiger partial charge on any atom is 0.417 e. The summed E-state index contributed by atoms with van der Waals surface area (Å²) in [7, 11) is -4.03. The fourth-order valence-corrected chi connectivity index (χ4v) is 8.15. The van der Waals surface area contributed by atoms with E-state index in [-0.39, 0.29) is 33.4 Å². The van der Waals surface area contributed by atoms with Gasteiger partial charge in [-0.3, -0.25) is 20.3 Å². The van der Waals surface area contributed by atoms with Gasteiger partial charge in [0, 0.05) is 16.8 Å². The summed E-state index contributed by atoms with van der Waals surface area (Å²) in [6.07, 6.45) is -4.79. The Labute approximate surface area is 379 Å². The molecule has 0 aliphatic carbocycles. The zero-order valence-electron chi connectivity index (χ0n) is 35.2. The van der Waals surface area contributed by atoms with E-state index in [0.29, 0.717) is 63.4 Å². The molecule has 0 unspecified atom stereocenters. The molecule has 1 aliphatic heterocycles. The van der Waals surface area contributed by atoms with Crippen molar-refractivity contribution in [2.75, 3.05) is 62.7 Å². The molecular weight excluding hydrogens is 888 g/mol. The third-order valence-electron chi connectivity index (χ3n) is 10.1. The minimum atomic E-state index is -4.79. The highest BCUT2D eigenvalue weighted by Gasteiger charge is 2.50. The van der Waals surface area contributed by atoms with Gasteiger partial charge >= 0.3 is 6.18 Å². The number of ketones is 1. The first-order valence-corrected chi connectivity index (χ1v) is 21.9. The monoisotopic (exact) mass is 931 g/mol. The Hall–Kier alpha value is -6.24. The zero-order chi connectivity index (χ0) is 46.8. The number of carbonyl (C=O) groups excluding carboxylic acids is 2. The second-order valence-corrected chi connectivity index (χ2v) is 16.8. The molecule has 1 heterocycles. The molecule has 340 valence electrons. The molecule has 5 aromatic rings. The van der Waals surface area contributed by atoms with Crippen LogP contribution in [0.15, 0.2) is 120 Å². The molecule has 0 spiro atoms. The molecule has 65 heavy (non-hydrogen) atoms. The predicted molar refractivity (Wildman–Crippen MR) is 239 cm³/mol. The molecule has 14 nitrogen and oxygen atoms in total. The van der Waals surface area contributed by atoms with Gasteiger partial charge in [-0.05, 0) is 116 Å². The maximum atomic E-state index is 13.7. The van der Waals surface area contributed by atoms with Gasteiger partial charge < -0.3 is 28.6 Å². The number of halogens is 3. The third kappa shape index (κ3) is 11.5. The number of nitrogens with one attached hydrogen (secondary N) is 1. The Morgan fingerprint density at radius 2 is 1.25 bits per heavy atom. The Morgan fingerprint density at radius 3 is 1.77 bits per heavy atom. The van der Waals surface area contributed by atoms with E-state index in [0.717, 1.165) is 28.2 Å². The Morgan fingerprint density at radius 1 is 0.754 bits per heavy atom. The van der Waals surface area contributed by atoms with E-state index < -0.39 is 44.6 Å². The number of nitrogens with zero attached hydrogens (tertiary/aromatic N) is 3. The summed E-state index contributed by atoms with van der Waals surface area (Å²) in [4.78, 5) is 30.7. The number of sulfonamides is 1. The number of hydrogen-bond donors (Lipinski definition) is 2. The molecule has 0 atom stereocenters. The molecule has 3 N–H and O–H groups in total. The van der Waals surface area contributed by atoms with Crippen molar-refractivity contribution in [3.05, 3.63) is 138 Å². The zero-order valence-corrected chi connectivity index (χ0v) is 36.8. The number of nitrogens with two attached hydrogens (primary N) is 1. The van der Waals surface area contributed by atoms with Crippen molar-refractivity contribution in [3.63, 3.8) is 0 Å². The topological polar surface area (TPSA) is 183 Å². The first-order chi connectivity index (χ1) is 31.1. The van der Waals surface area contributed by atoms with Crippen LogP contribution in [0.5, 0.6) is 11.5 Å². The lowest BCUT2D eigenvalue weighted by Crippen LogP contribution is -2.44. The van der Waals surface area contributed by atoms with Crippen molar-refractivity contribution < 1.29 is 54.9 Å². The van der Waals surface area contributed by atoms with Crippen LogP contribution in [-0.4, -0.2) is 83.6 Å².